The van der Waals surface area contributed by atoms with Crippen LogP contribution in [-0.4, -0.2) is 39.6 Å². The molecule has 0 unspecified atom stereocenters. The van der Waals surface area contributed by atoms with Crippen LogP contribution in [-0.2, 0) is 21.2 Å². The number of benzene rings is 2. The molecule has 28 heavy (non-hydrogen) atoms. The second kappa shape index (κ2) is 7.92. The number of sulfonamides is 1. The zero-order valence-electron chi connectivity index (χ0n) is 15.5. The van der Waals surface area contributed by atoms with Gasteiger partial charge in [0.2, 0.25) is 15.9 Å². The van der Waals surface area contributed by atoms with Crippen molar-refractivity contribution >= 4 is 49.1 Å². The Bertz CT molecular complexity index is 1050. The molecule has 3 rings (SSSR count). The van der Waals surface area contributed by atoms with Crippen molar-refractivity contribution < 1.29 is 18.0 Å². The topological polar surface area (TPSA) is 95.6 Å². The number of anilines is 2. The smallest absolute Gasteiger partial charge is 0.251 e. The summed E-state index contributed by atoms with van der Waals surface area (Å²) in [6.45, 7) is 2.08. The van der Waals surface area contributed by atoms with E-state index in [-0.39, 0.29) is 18.4 Å². The number of hydrogen-bond donors (Lipinski definition) is 2. The predicted molar refractivity (Wildman–Crippen MR) is 112 cm³/mol. The highest BCUT2D eigenvalue weighted by molar-refractivity contribution is 9.10. The highest BCUT2D eigenvalue weighted by atomic mass is 79.9. The molecule has 0 bridgehead atoms. The third-order valence-corrected chi connectivity index (χ3v) is 6.14. The van der Waals surface area contributed by atoms with E-state index in [0.717, 1.165) is 21.9 Å². The summed E-state index contributed by atoms with van der Waals surface area (Å²) >= 11 is 3.37. The van der Waals surface area contributed by atoms with Crippen molar-refractivity contribution in [1.82, 2.24) is 5.32 Å². The minimum absolute atomic E-state index is 0.166. The fraction of sp³-hybridized carbons (Fsp3) is 0.263. The molecule has 1 aliphatic rings. The molecule has 2 N–H and O–H groups in total. The summed E-state index contributed by atoms with van der Waals surface area (Å²) in [5.41, 5.74) is 3.38. The number of carbonyl (C=O) groups excluding carboxylic acids is 2. The maximum atomic E-state index is 12.4. The molecule has 0 atom stereocenters. The molecule has 2 aromatic carbocycles. The van der Waals surface area contributed by atoms with Crippen LogP contribution in [0.25, 0.3) is 0 Å². The molecule has 0 aliphatic carbocycles. The zero-order chi connectivity index (χ0) is 20.5. The molecule has 0 saturated carbocycles. The van der Waals surface area contributed by atoms with E-state index in [9.17, 15) is 18.0 Å². The third kappa shape index (κ3) is 4.53. The average Bonchev–Trinajstić information content (AvgIpc) is 3.05. The van der Waals surface area contributed by atoms with E-state index < -0.39 is 10.0 Å². The molecule has 1 aliphatic heterocycles. The molecule has 1 heterocycles. The molecular formula is C19H20BrN3O4S. The van der Waals surface area contributed by atoms with Gasteiger partial charge in [0.1, 0.15) is 0 Å². The highest BCUT2D eigenvalue weighted by Gasteiger charge is 2.26. The van der Waals surface area contributed by atoms with Crippen LogP contribution in [0.1, 0.15) is 21.5 Å². The van der Waals surface area contributed by atoms with Crippen molar-refractivity contribution in [2.45, 2.75) is 13.3 Å². The molecule has 2 amide bonds. The number of rotatable bonds is 5. The van der Waals surface area contributed by atoms with Gasteiger partial charge in [-0.15, -0.1) is 0 Å². The van der Waals surface area contributed by atoms with E-state index in [1.54, 1.807) is 24.3 Å². The summed E-state index contributed by atoms with van der Waals surface area (Å²) < 4.78 is 25.8. The molecular weight excluding hydrogens is 446 g/mol. The van der Waals surface area contributed by atoms with Crippen LogP contribution < -0.4 is 14.9 Å². The fourth-order valence-electron chi connectivity index (χ4n) is 3.08. The Kier molecular flexibility index (Phi) is 5.76. The summed E-state index contributed by atoms with van der Waals surface area (Å²) in [4.78, 5) is 24.5. The summed E-state index contributed by atoms with van der Waals surface area (Å²) in [5.74, 6) is -0.716. The first-order valence-corrected chi connectivity index (χ1v) is 11.2. The van der Waals surface area contributed by atoms with Crippen LogP contribution in [0.4, 0.5) is 11.4 Å². The largest absolute Gasteiger partial charge is 0.343 e. The molecule has 0 radical (unpaired) electrons. The summed E-state index contributed by atoms with van der Waals surface area (Å²) in [5, 5.41) is 5.35. The lowest BCUT2D eigenvalue weighted by molar-refractivity contribution is -0.115. The Hall–Kier alpha value is -2.39. The Balaban J connectivity index is 1.62. The van der Waals surface area contributed by atoms with Gasteiger partial charge in [0.05, 0.1) is 18.5 Å². The molecule has 0 spiro atoms. The second-order valence-electron chi connectivity index (χ2n) is 6.62. The van der Waals surface area contributed by atoms with Crippen molar-refractivity contribution in [2.75, 3.05) is 29.0 Å². The summed E-state index contributed by atoms with van der Waals surface area (Å²) in [7, 11) is -3.33. The van der Waals surface area contributed by atoms with Crippen LogP contribution in [0, 0.1) is 6.92 Å². The number of aryl methyl sites for hydroxylation is 1. The maximum Gasteiger partial charge on any atom is 0.251 e. The number of nitrogens with zero attached hydrogens (tertiary/aromatic N) is 1. The number of hydrogen-bond acceptors (Lipinski definition) is 4. The molecule has 0 saturated heterocycles. The minimum atomic E-state index is -3.33. The number of nitrogens with one attached hydrogen (secondary N) is 2. The Labute approximate surface area is 172 Å². The quantitative estimate of drug-likeness (QED) is 0.708. The van der Waals surface area contributed by atoms with Gasteiger partial charge in [-0.2, -0.15) is 0 Å². The van der Waals surface area contributed by atoms with Crippen LogP contribution in [0.2, 0.25) is 0 Å². The number of amides is 2. The lowest BCUT2D eigenvalue weighted by atomic mass is 10.1. The van der Waals surface area contributed by atoms with Crippen LogP contribution >= 0.6 is 15.9 Å². The maximum absolute atomic E-state index is 12.4. The fourth-order valence-corrected chi connectivity index (χ4v) is 4.52. The normalized spacial score (nSPS) is 13.2. The molecule has 2 aromatic rings. The standard InChI is InChI=1S/C19H20BrN3O4S/c1-12-9-15(20)4-5-16(12)22-18(24)11-21-19(25)14-3-6-17-13(10-14)7-8-23(17)28(2,26)27/h3-6,9-10H,7-8,11H2,1-2H3,(H,21,25)(H,22,24). The third-order valence-electron chi connectivity index (χ3n) is 4.47. The summed E-state index contributed by atoms with van der Waals surface area (Å²) in [6.07, 6.45) is 1.71. The lowest BCUT2D eigenvalue weighted by Gasteiger charge is -2.16. The monoisotopic (exact) mass is 465 g/mol. The molecule has 9 heteroatoms. The van der Waals surface area contributed by atoms with Gasteiger partial charge in [-0.3, -0.25) is 13.9 Å². The van der Waals surface area contributed by atoms with Crippen molar-refractivity contribution in [2.24, 2.45) is 0 Å². The molecule has 7 nitrogen and oxygen atoms in total. The van der Waals surface area contributed by atoms with Gasteiger partial charge in [0.25, 0.3) is 5.91 Å². The number of carbonyl (C=O) groups is 2. The van der Waals surface area contributed by atoms with E-state index >= 15 is 0 Å². The van der Waals surface area contributed by atoms with E-state index in [1.165, 1.54) is 4.31 Å². The van der Waals surface area contributed by atoms with Gasteiger partial charge in [-0.25, -0.2) is 8.42 Å². The Morgan fingerprint density at radius 1 is 1.18 bits per heavy atom. The lowest BCUT2D eigenvalue weighted by Crippen LogP contribution is -2.33. The average molecular weight is 466 g/mol. The van der Waals surface area contributed by atoms with E-state index in [2.05, 4.69) is 26.6 Å². The molecule has 0 fully saturated rings. The predicted octanol–water partition coefficient (Wildman–Crippen LogP) is 2.45. The number of halogens is 1. The molecule has 148 valence electrons. The van der Waals surface area contributed by atoms with Gasteiger partial charge in [0, 0.05) is 22.3 Å². The van der Waals surface area contributed by atoms with Crippen LogP contribution in [0.5, 0.6) is 0 Å². The van der Waals surface area contributed by atoms with Crippen molar-refractivity contribution in [3.8, 4) is 0 Å². The second-order valence-corrected chi connectivity index (χ2v) is 9.44. The first kappa shape index (κ1) is 20.3. The Morgan fingerprint density at radius 3 is 2.61 bits per heavy atom. The van der Waals surface area contributed by atoms with Crippen molar-refractivity contribution in [3.05, 3.63) is 57.6 Å². The SMILES string of the molecule is Cc1cc(Br)ccc1NC(=O)CNC(=O)c1ccc2c(c1)CCN2S(C)(=O)=O. The Morgan fingerprint density at radius 2 is 1.93 bits per heavy atom. The minimum Gasteiger partial charge on any atom is -0.343 e. The first-order valence-electron chi connectivity index (χ1n) is 8.60. The highest BCUT2D eigenvalue weighted by Crippen LogP contribution is 2.30. The zero-order valence-corrected chi connectivity index (χ0v) is 17.9. The van der Waals surface area contributed by atoms with Crippen LogP contribution in [0.15, 0.2) is 40.9 Å². The van der Waals surface area contributed by atoms with Crippen molar-refractivity contribution in [3.63, 3.8) is 0 Å². The van der Waals surface area contributed by atoms with Gasteiger partial charge >= 0.3 is 0 Å². The van der Waals surface area contributed by atoms with E-state index in [1.807, 2.05) is 19.1 Å². The van der Waals surface area contributed by atoms with E-state index in [0.29, 0.717) is 29.9 Å². The summed E-state index contributed by atoms with van der Waals surface area (Å²) in [6, 6.07) is 10.4. The van der Waals surface area contributed by atoms with Gasteiger partial charge in [0.15, 0.2) is 0 Å². The number of fused-ring (bicyclic) bond motifs is 1. The van der Waals surface area contributed by atoms with Crippen LogP contribution in [0.3, 0.4) is 0 Å². The van der Waals surface area contributed by atoms with Gasteiger partial charge < -0.3 is 10.6 Å². The van der Waals surface area contributed by atoms with Gasteiger partial charge in [-0.1, -0.05) is 15.9 Å². The van der Waals surface area contributed by atoms with Crippen molar-refractivity contribution in [1.29, 1.82) is 0 Å². The molecule has 0 aromatic heterocycles. The first-order chi connectivity index (χ1) is 13.1. The van der Waals surface area contributed by atoms with Gasteiger partial charge in [-0.05, 0) is 60.9 Å². The van der Waals surface area contributed by atoms with E-state index in [4.69, 9.17) is 0 Å².